The van der Waals surface area contributed by atoms with E-state index in [1.165, 1.54) is 13.2 Å². The molecule has 0 aliphatic carbocycles. The second-order valence-electron chi connectivity index (χ2n) is 2.56. The zero-order valence-corrected chi connectivity index (χ0v) is 7.73. The van der Waals surface area contributed by atoms with E-state index in [2.05, 4.69) is 0 Å². The zero-order chi connectivity index (χ0) is 10.4. The molecule has 1 rings (SSSR count). The summed E-state index contributed by atoms with van der Waals surface area (Å²) in [5.74, 6) is 0.585. The van der Waals surface area contributed by atoms with Gasteiger partial charge in [-0.15, -0.1) is 0 Å². The molecule has 0 fully saturated rings. The molecular formula is C11H9NO2. The highest BCUT2D eigenvalue weighted by Gasteiger charge is 2.00. The van der Waals surface area contributed by atoms with Crippen molar-refractivity contribution in [3.05, 3.63) is 35.4 Å². The van der Waals surface area contributed by atoms with Crippen molar-refractivity contribution in [2.24, 2.45) is 0 Å². The summed E-state index contributed by atoms with van der Waals surface area (Å²) in [6, 6.07) is 7.05. The molecule has 0 unspecified atom stereocenters. The molecule has 1 aromatic rings. The summed E-state index contributed by atoms with van der Waals surface area (Å²) in [6.07, 6.45) is 3.70. The summed E-state index contributed by atoms with van der Waals surface area (Å²) in [5, 5.41) is 8.64. The lowest BCUT2D eigenvalue weighted by Gasteiger charge is -2.03. The maximum absolute atomic E-state index is 10.1. The first-order valence-electron chi connectivity index (χ1n) is 4.02. The quantitative estimate of drug-likeness (QED) is 0.535. The van der Waals surface area contributed by atoms with Crippen LogP contribution in [0.25, 0.3) is 6.08 Å². The van der Waals surface area contributed by atoms with Crippen LogP contribution in [0.3, 0.4) is 0 Å². The lowest BCUT2D eigenvalue weighted by Crippen LogP contribution is -1.88. The molecular weight excluding hydrogens is 178 g/mol. The van der Waals surface area contributed by atoms with Crippen LogP contribution in [0.2, 0.25) is 0 Å². The number of benzene rings is 1. The monoisotopic (exact) mass is 187 g/mol. The summed E-state index contributed by atoms with van der Waals surface area (Å²) < 4.78 is 5.07. The molecule has 0 aliphatic heterocycles. The summed E-state index contributed by atoms with van der Waals surface area (Å²) in [7, 11) is 1.52. The Morgan fingerprint density at radius 2 is 2.29 bits per heavy atom. The maximum atomic E-state index is 10.1. The number of hydrogen-bond acceptors (Lipinski definition) is 3. The van der Waals surface area contributed by atoms with Crippen molar-refractivity contribution in [2.75, 3.05) is 7.11 Å². The predicted molar refractivity (Wildman–Crippen MR) is 52.8 cm³/mol. The van der Waals surface area contributed by atoms with Gasteiger partial charge >= 0.3 is 0 Å². The van der Waals surface area contributed by atoms with E-state index in [-0.39, 0.29) is 0 Å². The zero-order valence-electron chi connectivity index (χ0n) is 7.73. The number of nitrogens with zero attached hydrogens (tertiary/aromatic N) is 1. The first-order chi connectivity index (χ1) is 6.81. The van der Waals surface area contributed by atoms with Crippen molar-refractivity contribution in [2.45, 2.75) is 0 Å². The highest BCUT2D eigenvalue weighted by Crippen LogP contribution is 2.20. The first kappa shape index (κ1) is 10.0. The average Bonchev–Trinajstić information content (AvgIpc) is 2.26. The summed E-state index contributed by atoms with van der Waals surface area (Å²) in [6.45, 7) is 0. The van der Waals surface area contributed by atoms with E-state index in [9.17, 15) is 4.79 Å². The van der Waals surface area contributed by atoms with E-state index in [0.29, 0.717) is 17.6 Å². The van der Waals surface area contributed by atoms with Crippen LogP contribution in [0.5, 0.6) is 5.75 Å². The molecule has 0 N–H and O–H groups in total. The van der Waals surface area contributed by atoms with Gasteiger partial charge in [-0.2, -0.15) is 5.26 Å². The van der Waals surface area contributed by atoms with Crippen molar-refractivity contribution in [1.29, 1.82) is 5.26 Å². The number of allylic oxidation sites excluding steroid dienone is 1. The molecule has 3 heteroatoms. The SMILES string of the molecule is COc1cc(C#N)ccc1C=CC=O. The third-order valence-corrected chi connectivity index (χ3v) is 1.72. The fourth-order valence-corrected chi connectivity index (χ4v) is 1.06. The molecule has 0 heterocycles. The van der Waals surface area contributed by atoms with E-state index in [1.807, 2.05) is 6.07 Å². The highest BCUT2D eigenvalue weighted by atomic mass is 16.5. The topological polar surface area (TPSA) is 50.1 Å². The van der Waals surface area contributed by atoms with Gasteiger partial charge in [0.15, 0.2) is 0 Å². The van der Waals surface area contributed by atoms with Crippen LogP contribution in [-0.4, -0.2) is 13.4 Å². The van der Waals surface area contributed by atoms with Crippen LogP contribution in [0.1, 0.15) is 11.1 Å². The number of ether oxygens (including phenoxy) is 1. The standard InChI is InChI=1S/C11H9NO2/c1-14-11-7-9(8-12)4-5-10(11)3-2-6-13/h2-7H,1H3. The van der Waals surface area contributed by atoms with Crippen LogP contribution < -0.4 is 4.74 Å². The van der Waals surface area contributed by atoms with Crippen molar-refractivity contribution >= 4 is 12.4 Å². The van der Waals surface area contributed by atoms with Gasteiger partial charge in [0.2, 0.25) is 0 Å². The van der Waals surface area contributed by atoms with Crippen LogP contribution in [0.4, 0.5) is 0 Å². The number of methoxy groups -OCH3 is 1. The molecule has 0 bridgehead atoms. The largest absolute Gasteiger partial charge is 0.496 e. The minimum Gasteiger partial charge on any atom is -0.496 e. The van der Waals surface area contributed by atoms with E-state index in [0.717, 1.165) is 5.56 Å². The summed E-state index contributed by atoms with van der Waals surface area (Å²) in [4.78, 5) is 10.1. The molecule has 0 aromatic heterocycles. The number of carbonyl (C=O) groups is 1. The van der Waals surface area contributed by atoms with Crippen molar-refractivity contribution in [3.63, 3.8) is 0 Å². The lowest BCUT2D eigenvalue weighted by molar-refractivity contribution is -0.104. The number of rotatable bonds is 3. The minimum absolute atomic E-state index is 0.533. The van der Waals surface area contributed by atoms with Gasteiger partial charge in [-0.25, -0.2) is 0 Å². The van der Waals surface area contributed by atoms with E-state index in [1.54, 1.807) is 24.3 Å². The third-order valence-electron chi connectivity index (χ3n) is 1.72. The fourth-order valence-electron chi connectivity index (χ4n) is 1.06. The van der Waals surface area contributed by atoms with Gasteiger partial charge in [-0.05, 0) is 30.4 Å². The van der Waals surface area contributed by atoms with Crippen LogP contribution in [0, 0.1) is 11.3 Å². The molecule has 0 saturated carbocycles. The Balaban J connectivity index is 3.12. The molecule has 0 atom stereocenters. The van der Waals surface area contributed by atoms with Crippen molar-refractivity contribution in [1.82, 2.24) is 0 Å². The molecule has 14 heavy (non-hydrogen) atoms. The molecule has 0 spiro atoms. The lowest BCUT2D eigenvalue weighted by atomic mass is 10.1. The number of carbonyl (C=O) groups excluding carboxylic acids is 1. The predicted octanol–water partition coefficient (Wildman–Crippen LogP) is 1.78. The van der Waals surface area contributed by atoms with Gasteiger partial charge in [-0.1, -0.05) is 0 Å². The van der Waals surface area contributed by atoms with E-state index in [4.69, 9.17) is 10.00 Å². The van der Waals surface area contributed by atoms with Gasteiger partial charge in [0.05, 0.1) is 18.7 Å². The fraction of sp³-hybridized carbons (Fsp3) is 0.0909. The maximum Gasteiger partial charge on any atom is 0.142 e. The third kappa shape index (κ3) is 2.20. The van der Waals surface area contributed by atoms with Gasteiger partial charge in [0.1, 0.15) is 12.0 Å². The van der Waals surface area contributed by atoms with Crippen molar-refractivity contribution < 1.29 is 9.53 Å². The molecule has 3 nitrogen and oxygen atoms in total. The smallest absolute Gasteiger partial charge is 0.142 e. The van der Waals surface area contributed by atoms with Gasteiger partial charge in [-0.3, -0.25) is 4.79 Å². The summed E-state index contributed by atoms with van der Waals surface area (Å²) >= 11 is 0. The Morgan fingerprint density at radius 3 is 2.86 bits per heavy atom. The minimum atomic E-state index is 0.533. The van der Waals surface area contributed by atoms with Gasteiger partial charge in [0, 0.05) is 5.56 Å². The Morgan fingerprint density at radius 1 is 1.50 bits per heavy atom. The second kappa shape index (κ2) is 4.83. The molecule has 1 aromatic carbocycles. The average molecular weight is 187 g/mol. The molecule has 0 aliphatic rings. The first-order valence-corrected chi connectivity index (χ1v) is 4.02. The Hall–Kier alpha value is -2.08. The molecule has 0 saturated heterocycles. The number of aldehydes is 1. The summed E-state index contributed by atoms with van der Waals surface area (Å²) in [5.41, 5.74) is 1.31. The van der Waals surface area contributed by atoms with E-state index < -0.39 is 0 Å². The van der Waals surface area contributed by atoms with Gasteiger partial charge < -0.3 is 4.74 Å². The van der Waals surface area contributed by atoms with Crippen LogP contribution in [0.15, 0.2) is 24.3 Å². The van der Waals surface area contributed by atoms with Gasteiger partial charge in [0.25, 0.3) is 0 Å². The molecule has 70 valence electrons. The van der Waals surface area contributed by atoms with Crippen LogP contribution in [-0.2, 0) is 4.79 Å². The number of hydrogen-bond donors (Lipinski definition) is 0. The Bertz CT molecular complexity index is 402. The molecule has 0 amide bonds. The Labute approximate surface area is 82.2 Å². The highest BCUT2D eigenvalue weighted by molar-refractivity contribution is 5.75. The molecule has 0 radical (unpaired) electrons. The number of nitriles is 1. The van der Waals surface area contributed by atoms with Crippen LogP contribution >= 0.6 is 0 Å². The van der Waals surface area contributed by atoms with Crippen molar-refractivity contribution in [3.8, 4) is 11.8 Å². The van der Waals surface area contributed by atoms with E-state index >= 15 is 0 Å². The second-order valence-corrected chi connectivity index (χ2v) is 2.56. The Kier molecular flexibility index (Phi) is 3.45. The normalized spacial score (nSPS) is 9.71.